The van der Waals surface area contributed by atoms with E-state index >= 15 is 0 Å². The van der Waals surface area contributed by atoms with Gasteiger partial charge in [0.25, 0.3) is 0 Å². The van der Waals surface area contributed by atoms with Crippen molar-refractivity contribution in [3.05, 3.63) is 48.0 Å². The van der Waals surface area contributed by atoms with E-state index in [0.717, 1.165) is 42.0 Å². The number of hydrogen-bond acceptors (Lipinski definition) is 1. The summed E-state index contributed by atoms with van der Waals surface area (Å²) >= 11 is 0. The fraction of sp³-hybridized carbons (Fsp3) is 0.524. The molecule has 0 atom stereocenters. The maximum atomic E-state index is 13.9. The molecule has 2 aromatic rings. The molecular formula is C21H25FNO+. The van der Waals surface area contributed by atoms with Crippen LogP contribution >= 0.6 is 0 Å². The molecule has 6 rings (SSSR count). The summed E-state index contributed by atoms with van der Waals surface area (Å²) in [4.78, 5) is 0. The molecule has 4 aliphatic carbocycles. The second-order valence-corrected chi connectivity index (χ2v) is 8.19. The summed E-state index contributed by atoms with van der Waals surface area (Å²) in [5, 5.41) is 2.51. The third-order valence-corrected chi connectivity index (χ3v) is 6.69. The molecule has 1 aromatic heterocycles. The van der Waals surface area contributed by atoms with Crippen LogP contribution in [0.2, 0.25) is 0 Å². The Bertz CT molecular complexity index is 709. The van der Waals surface area contributed by atoms with Gasteiger partial charge in [-0.05, 0) is 68.2 Å². The van der Waals surface area contributed by atoms with Crippen LogP contribution in [0.4, 0.5) is 4.39 Å². The molecule has 0 radical (unpaired) electrons. The topological polar surface area (TPSA) is 29.8 Å². The van der Waals surface area contributed by atoms with Crippen LogP contribution in [0.25, 0.3) is 11.3 Å². The van der Waals surface area contributed by atoms with Crippen molar-refractivity contribution in [3.63, 3.8) is 0 Å². The van der Waals surface area contributed by atoms with Crippen LogP contribution < -0.4 is 5.32 Å². The van der Waals surface area contributed by atoms with Crippen LogP contribution in [-0.2, 0) is 6.54 Å². The van der Waals surface area contributed by atoms with Gasteiger partial charge in [0, 0.05) is 11.8 Å². The molecule has 0 unspecified atom stereocenters. The van der Waals surface area contributed by atoms with Gasteiger partial charge < -0.3 is 9.73 Å². The molecule has 3 heteroatoms. The van der Waals surface area contributed by atoms with Gasteiger partial charge in [-0.1, -0.05) is 12.1 Å². The van der Waals surface area contributed by atoms with Gasteiger partial charge in [-0.15, -0.1) is 0 Å². The van der Waals surface area contributed by atoms with Crippen molar-refractivity contribution in [2.24, 2.45) is 23.7 Å². The number of halogens is 1. The molecule has 4 fully saturated rings. The largest absolute Gasteiger partial charge is 0.455 e. The van der Waals surface area contributed by atoms with Crippen molar-refractivity contribution in [1.82, 2.24) is 0 Å². The van der Waals surface area contributed by atoms with Gasteiger partial charge in [0.15, 0.2) is 5.76 Å². The highest BCUT2D eigenvalue weighted by molar-refractivity contribution is 5.58. The molecular weight excluding hydrogens is 301 g/mol. The number of benzene rings is 1. The van der Waals surface area contributed by atoms with Gasteiger partial charge in [-0.25, -0.2) is 4.39 Å². The summed E-state index contributed by atoms with van der Waals surface area (Å²) in [6.45, 7) is 0.876. The molecule has 0 amide bonds. The highest BCUT2D eigenvalue weighted by Gasteiger charge is 2.50. The quantitative estimate of drug-likeness (QED) is 0.905. The predicted octanol–water partition coefficient (Wildman–Crippen LogP) is 3.97. The lowest BCUT2D eigenvalue weighted by atomic mass is 9.54. The molecule has 4 bridgehead atoms. The lowest BCUT2D eigenvalue weighted by molar-refractivity contribution is -0.724. The van der Waals surface area contributed by atoms with Crippen LogP contribution in [0.15, 0.2) is 40.8 Å². The first-order valence-corrected chi connectivity index (χ1v) is 9.43. The van der Waals surface area contributed by atoms with Crippen molar-refractivity contribution in [2.75, 3.05) is 0 Å². The van der Waals surface area contributed by atoms with E-state index in [1.54, 1.807) is 12.1 Å². The number of quaternary nitrogens is 1. The molecule has 1 aromatic carbocycles. The predicted molar refractivity (Wildman–Crippen MR) is 90.6 cm³/mol. The van der Waals surface area contributed by atoms with Gasteiger partial charge in [-0.3, -0.25) is 0 Å². The van der Waals surface area contributed by atoms with Crippen LogP contribution in [-0.4, -0.2) is 6.04 Å². The number of rotatable bonds is 4. The van der Waals surface area contributed by atoms with Gasteiger partial charge >= 0.3 is 0 Å². The second-order valence-electron chi connectivity index (χ2n) is 8.19. The molecule has 4 saturated carbocycles. The Kier molecular flexibility index (Phi) is 3.51. The Morgan fingerprint density at radius 2 is 1.62 bits per heavy atom. The zero-order valence-corrected chi connectivity index (χ0v) is 14.0. The van der Waals surface area contributed by atoms with E-state index in [2.05, 4.69) is 5.32 Å². The Morgan fingerprint density at radius 3 is 2.33 bits per heavy atom. The summed E-state index contributed by atoms with van der Waals surface area (Å²) in [5.41, 5.74) is 0.554. The Hall–Kier alpha value is -1.61. The summed E-state index contributed by atoms with van der Waals surface area (Å²) in [6, 6.07) is 11.5. The fourth-order valence-electron chi connectivity index (χ4n) is 5.90. The first-order chi connectivity index (χ1) is 11.8. The summed E-state index contributed by atoms with van der Waals surface area (Å²) in [7, 11) is 0. The summed E-state index contributed by atoms with van der Waals surface area (Å²) in [6.07, 6.45) is 7.31. The maximum absolute atomic E-state index is 13.9. The lowest BCUT2D eigenvalue weighted by Gasteiger charge is -2.52. The molecule has 4 aliphatic rings. The molecule has 0 saturated heterocycles. The standard InChI is InChI=1S/C21H24FNO/c22-19-4-2-1-3-18(19)20-6-5-17(24-20)12-23-21-15-8-13-7-14(10-15)11-16(21)9-13/h1-6,13-16,21,23H,7-12H2/p+1. The molecule has 24 heavy (non-hydrogen) atoms. The normalized spacial score (nSPS) is 34.0. The van der Waals surface area contributed by atoms with Crippen molar-refractivity contribution in [2.45, 2.75) is 44.7 Å². The Morgan fingerprint density at radius 1 is 0.917 bits per heavy atom. The summed E-state index contributed by atoms with van der Waals surface area (Å²) < 4.78 is 19.8. The van der Waals surface area contributed by atoms with Gasteiger partial charge in [-0.2, -0.15) is 0 Å². The van der Waals surface area contributed by atoms with Crippen LogP contribution in [0, 0.1) is 29.5 Å². The van der Waals surface area contributed by atoms with Gasteiger partial charge in [0.2, 0.25) is 0 Å². The van der Waals surface area contributed by atoms with Crippen LogP contribution in [0.1, 0.15) is 37.9 Å². The molecule has 2 N–H and O–H groups in total. The van der Waals surface area contributed by atoms with Crippen molar-refractivity contribution >= 4 is 0 Å². The highest BCUT2D eigenvalue weighted by Crippen LogP contribution is 2.52. The first-order valence-electron chi connectivity index (χ1n) is 9.43. The van der Waals surface area contributed by atoms with Crippen LogP contribution in [0.5, 0.6) is 0 Å². The van der Waals surface area contributed by atoms with E-state index in [1.807, 2.05) is 18.2 Å². The first kappa shape index (κ1) is 14.7. The minimum Gasteiger partial charge on any atom is -0.455 e. The monoisotopic (exact) mass is 326 g/mol. The maximum Gasteiger partial charge on any atom is 0.158 e. The van der Waals surface area contributed by atoms with E-state index < -0.39 is 0 Å². The molecule has 1 heterocycles. The third kappa shape index (κ3) is 2.50. The Labute approximate surface area is 142 Å². The average Bonchev–Trinajstić information content (AvgIpc) is 3.03. The van der Waals surface area contributed by atoms with Crippen molar-refractivity contribution in [1.29, 1.82) is 0 Å². The molecule has 0 spiro atoms. The van der Waals surface area contributed by atoms with Gasteiger partial charge in [0.05, 0.1) is 11.6 Å². The zero-order chi connectivity index (χ0) is 16.1. The van der Waals surface area contributed by atoms with E-state index in [-0.39, 0.29) is 5.82 Å². The average molecular weight is 326 g/mol. The third-order valence-electron chi connectivity index (χ3n) is 6.69. The number of furan rings is 1. The van der Waals surface area contributed by atoms with Crippen molar-refractivity contribution < 1.29 is 14.1 Å². The van der Waals surface area contributed by atoms with Crippen LogP contribution in [0.3, 0.4) is 0 Å². The zero-order valence-electron chi connectivity index (χ0n) is 14.0. The molecule has 126 valence electrons. The SMILES string of the molecule is Fc1ccccc1-c1ccc(C[NH2+]C2C3CC4CC(C3)CC2C4)o1. The van der Waals surface area contributed by atoms with E-state index in [0.29, 0.717) is 11.3 Å². The lowest BCUT2D eigenvalue weighted by Crippen LogP contribution is -2.93. The Balaban J connectivity index is 1.27. The number of hydrogen-bond donors (Lipinski definition) is 1. The minimum absolute atomic E-state index is 0.219. The minimum atomic E-state index is -0.219. The van der Waals surface area contributed by atoms with E-state index in [4.69, 9.17) is 4.42 Å². The number of nitrogens with two attached hydrogens (primary N) is 1. The highest BCUT2D eigenvalue weighted by atomic mass is 19.1. The van der Waals surface area contributed by atoms with Crippen molar-refractivity contribution in [3.8, 4) is 11.3 Å². The van der Waals surface area contributed by atoms with E-state index in [9.17, 15) is 4.39 Å². The second kappa shape index (κ2) is 5.73. The molecule has 0 aliphatic heterocycles. The van der Waals surface area contributed by atoms with Gasteiger partial charge in [0.1, 0.15) is 18.1 Å². The fourth-order valence-corrected chi connectivity index (χ4v) is 5.90. The van der Waals surface area contributed by atoms with E-state index in [1.165, 1.54) is 38.2 Å². The smallest absolute Gasteiger partial charge is 0.158 e. The summed E-state index contributed by atoms with van der Waals surface area (Å²) in [5.74, 6) is 5.26. The molecule has 2 nitrogen and oxygen atoms in total.